The van der Waals surface area contributed by atoms with Gasteiger partial charge in [-0.1, -0.05) is 53.6 Å². The van der Waals surface area contributed by atoms with E-state index in [2.05, 4.69) is 5.10 Å². The molecule has 0 spiro atoms. The molecule has 0 radical (unpaired) electrons. The maximum Gasteiger partial charge on any atom is 0.343 e. The van der Waals surface area contributed by atoms with E-state index < -0.39 is 5.97 Å². The second-order valence-corrected chi connectivity index (χ2v) is 8.92. The Labute approximate surface area is 223 Å². The van der Waals surface area contributed by atoms with Gasteiger partial charge in [-0.15, -0.1) is 0 Å². The van der Waals surface area contributed by atoms with E-state index in [1.807, 2.05) is 37.3 Å². The van der Waals surface area contributed by atoms with Crippen LogP contribution >= 0.6 is 11.6 Å². The molecule has 5 aromatic rings. The monoisotopic (exact) mass is 523 g/mol. The highest BCUT2D eigenvalue weighted by molar-refractivity contribution is 6.30. The highest BCUT2D eigenvalue weighted by Gasteiger charge is 2.14. The second kappa shape index (κ2) is 10.7. The number of aromatic nitrogens is 2. The smallest absolute Gasteiger partial charge is 0.343 e. The number of fused-ring (bicyclic) bond motifs is 1. The van der Waals surface area contributed by atoms with E-state index in [0.29, 0.717) is 38.6 Å². The summed E-state index contributed by atoms with van der Waals surface area (Å²) in [6.45, 7) is 1.99. The van der Waals surface area contributed by atoms with Crippen LogP contribution in [0, 0.1) is 6.92 Å². The zero-order chi connectivity index (χ0) is 26.6. The number of esters is 1. The largest absolute Gasteiger partial charge is 0.493 e. The molecule has 0 atom stereocenters. The molecule has 188 valence electrons. The van der Waals surface area contributed by atoms with Crippen molar-refractivity contribution in [2.45, 2.75) is 6.92 Å². The van der Waals surface area contributed by atoms with E-state index >= 15 is 0 Å². The minimum Gasteiger partial charge on any atom is -0.493 e. The predicted molar refractivity (Wildman–Crippen MR) is 149 cm³/mol. The average molecular weight is 524 g/mol. The summed E-state index contributed by atoms with van der Waals surface area (Å²) in [6.07, 6.45) is 1.53. The second-order valence-electron chi connectivity index (χ2n) is 8.49. The number of para-hydroxylation sites is 1. The number of methoxy groups -OCH3 is 1. The fourth-order valence-electron chi connectivity index (χ4n) is 3.84. The third-order valence-corrected chi connectivity index (χ3v) is 6.11. The molecular formula is C30H22ClN3O4. The van der Waals surface area contributed by atoms with Gasteiger partial charge >= 0.3 is 5.97 Å². The van der Waals surface area contributed by atoms with Crippen molar-refractivity contribution in [2.24, 2.45) is 5.10 Å². The van der Waals surface area contributed by atoms with Crippen LogP contribution in [0.4, 0.5) is 0 Å². The maximum absolute atomic E-state index is 13.4. The van der Waals surface area contributed by atoms with E-state index in [4.69, 9.17) is 26.1 Å². The minimum atomic E-state index is -0.544. The van der Waals surface area contributed by atoms with Crippen molar-refractivity contribution in [3.05, 3.63) is 123 Å². The molecule has 0 aliphatic heterocycles. The highest BCUT2D eigenvalue weighted by Crippen LogP contribution is 2.29. The third kappa shape index (κ3) is 5.19. The Morgan fingerprint density at radius 2 is 1.68 bits per heavy atom. The number of carbonyl (C=O) groups is 1. The summed E-state index contributed by atoms with van der Waals surface area (Å²) < 4.78 is 12.2. The van der Waals surface area contributed by atoms with Crippen LogP contribution in [-0.4, -0.2) is 29.0 Å². The van der Waals surface area contributed by atoms with Gasteiger partial charge in [0.1, 0.15) is 0 Å². The van der Waals surface area contributed by atoms with Gasteiger partial charge in [0.25, 0.3) is 5.56 Å². The molecule has 0 fully saturated rings. The van der Waals surface area contributed by atoms with E-state index in [-0.39, 0.29) is 11.3 Å². The quantitative estimate of drug-likeness (QED) is 0.152. The lowest BCUT2D eigenvalue weighted by molar-refractivity contribution is 0.0729. The predicted octanol–water partition coefficient (Wildman–Crippen LogP) is 6.14. The van der Waals surface area contributed by atoms with Gasteiger partial charge in [-0.25, -0.2) is 9.78 Å². The van der Waals surface area contributed by atoms with Gasteiger partial charge in [-0.05, 0) is 67.1 Å². The summed E-state index contributed by atoms with van der Waals surface area (Å²) in [4.78, 5) is 30.6. The van der Waals surface area contributed by atoms with Crippen molar-refractivity contribution in [3.63, 3.8) is 0 Å². The molecule has 8 heteroatoms. The number of hydrogen-bond acceptors (Lipinski definition) is 6. The third-order valence-electron chi connectivity index (χ3n) is 5.86. The summed E-state index contributed by atoms with van der Waals surface area (Å²) in [5.74, 6) is 0.455. The Hall–Kier alpha value is -4.75. The lowest BCUT2D eigenvalue weighted by Gasteiger charge is -2.11. The normalized spacial score (nSPS) is 11.1. The van der Waals surface area contributed by atoms with Gasteiger partial charge in [-0.3, -0.25) is 4.79 Å². The number of halogens is 1. The number of hydrogen-bond donors (Lipinski definition) is 0. The van der Waals surface area contributed by atoms with Crippen molar-refractivity contribution < 1.29 is 14.3 Å². The Morgan fingerprint density at radius 1 is 0.947 bits per heavy atom. The molecule has 1 aromatic heterocycles. The zero-order valence-electron chi connectivity index (χ0n) is 20.6. The Bertz CT molecular complexity index is 1730. The van der Waals surface area contributed by atoms with Crippen molar-refractivity contribution in [3.8, 4) is 22.9 Å². The summed E-state index contributed by atoms with van der Waals surface area (Å²) in [5.41, 5.74) is 3.14. The van der Waals surface area contributed by atoms with Crippen molar-refractivity contribution >= 4 is 34.7 Å². The molecule has 0 aliphatic carbocycles. The van der Waals surface area contributed by atoms with Crippen LogP contribution in [0.5, 0.6) is 11.5 Å². The SMILES string of the molecule is COc1cc(C=Nn2c(-c3ccc(C)cc3)nc3ccccc3c2=O)ccc1OC(=O)c1ccc(Cl)cc1. The van der Waals surface area contributed by atoms with Gasteiger partial charge in [0.15, 0.2) is 17.3 Å². The number of nitrogens with zero attached hydrogens (tertiary/aromatic N) is 3. The molecule has 1 heterocycles. The highest BCUT2D eigenvalue weighted by atomic mass is 35.5. The number of ether oxygens (including phenoxy) is 2. The molecule has 4 aromatic carbocycles. The van der Waals surface area contributed by atoms with Crippen LogP contribution in [0.2, 0.25) is 5.02 Å². The van der Waals surface area contributed by atoms with Gasteiger partial charge in [-0.2, -0.15) is 9.78 Å². The summed E-state index contributed by atoms with van der Waals surface area (Å²) in [7, 11) is 1.48. The molecule has 0 amide bonds. The molecule has 0 saturated carbocycles. The van der Waals surface area contributed by atoms with Gasteiger partial charge < -0.3 is 9.47 Å². The van der Waals surface area contributed by atoms with Crippen molar-refractivity contribution in [1.29, 1.82) is 0 Å². The molecule has 0 bridgehead atoms. The topological polar surface area (TPSA) is 82.8 Å². The Morgan fingerprint density at radius 3 is 2.42 bits per heavy atom. The van der Waals surface area contributed by atoms with E-state index in [0.717, 1.165) is 11.1 Å². The van der Waals surface area contributed by atoms with Gasteiger partial charge in [0.2, 0.25) is 0 Å². The molecule has 7 nitrogen and oxygen atoms in total. The summed E-state index contributed by atoms with van der Waals surface area (Å²) in [6, 6.07) is 26.3. The first-order valence-corrected chi connectivity index (χ1v) is 12.1. The summed E-state index contributed by atoms with van der Waals surface area (Å²) in [5, 5.41) is 5.47. The standard InChI is InChI=1S/C30H22ClN3O4/c1-19-7-10-21(11-8-19)28-33-25-6-4-3-5-24(25)29(35)34(28)32-18-20-9-16-26(27(17-20)37-2)38-30(36)22-12-14-23(31)15-13-22/h3-18H,1-2H3. The lowest BCUT2D eigenvalue weighted by Crippen LogP contribution is -2.20. The van der Waals surface area contributed by atoms with Gasteiger partial charge in [0, 0.05) is 10.6 Å². The number of aryl methyl sites for hydroxylation is 1. The van der Waals surface area contributed by atoms with Crippen LogP contribution in [-0.2, 0) is 0 Å². The molecule has 0 aliphatic rings. The van der Waals surface area contributed by atoms with E-state index in [1.54, 1.807) is 60.7 Å². The first kappa shape index (κ1) is 24.9. The van der Waals surface area contributed by atoms with Crippen LogP contribution in [0.15, 0.2) is 101 Å². The molecule has 0 saturated heterocycles. The minimum absolute atomic E-state index is 0.245. The van der Waals surface area contributed by atoms with E-state index in [9.17, 15) is 9.59 Å². The van der Waals surface area contributed by atoms with Gasteiger partial charge in [0.05, 0.1) is 29.8 Å². The fraction of sp³-hybridized carbons (Fsp3) is 0.0667. The average Bonchev–Trinajstić information content (AvgIpc) is 2.94. The molecule has 38 heavy (non-hydrogen) atoms. The lowest BCUT2D eigenvalue weighted by atomic mass is 10.1. The fourth-order valence-corrected chi connectivity index (χ4v) is 3.96. The molecule has 5 rings (SSSR count). The van der Waals surface area contributed by atoms with E-state index in [1.165, 1.54) is 18.0 Å². The molecular weight excluding hydrogens is 502 g/mol. The number of carbonyl (C=O) groups excluding carboxylic acids is 1. The summed E-state index contributed by atoms with van der Waals surface area (Å²) >= 11 is 5.90. The zero-order valence-corrected chi connectivity index (χ0v) is 21.3. The van der Waals surface area contributed by atoms with Crippen molar-refractivity contribution in [1.82, 2.24) is 9.66 Å². The molecule has 0 unspecified atom stereocenters. The maximum atomic E-state index is 13.4. The number of benzene rings is 4. The van der Waals surface area contributed by atoms with Crippen LogP contribution in [0.1, 0.15) is 21.5 Å². The Kier molecular flexibility index (Phi) is 7.02. The first-order valence-electron chi connectivity index (χ1n) is 11.7. The van der Waals surface area contributed by atoms with Crippen LogP contribution in [0.25, 0.3) is 22.3 Å². The van der Waals surface area contributed by atoms with Crippen molar-refractivity contribution in [2.75, 3.05) is 7.11 Å². The first-order chi connectivity index (χ1) is 18.4. The number of rotatable bonds is 6. The van der Waals surface area contributed by atoms with Crippen LogP contribution in [0.3, 0.4) is 0 Å². The Balaban J connectivity index is 1.50. The van der Waals surface area contributed by atoms with Crippen LogP contribution < -0.4 is 15.0 Å². The molecule has 0 N–H and O–H groups in total.